The summed E-state index contributed by atoms with van der Waals surface area (Å²) in [6, 6.07) is 11.3. The lowest BCUT2D eigenvalue weighted by atomic mass is 9.94. The van der Waals surface area contributed by atoms with Gasteiger partial charge >= 0.3 is 0 Å². The topological polar surface area (TPSA) is 58.4 Å². The van der Waals surface area contributed by atoms with Crippen molar-refractivity contribution < 1.29 is 4.79 Å². The number of rotatable bonds is 6. The normalized spacial score (nSPS) is 20.7. The van der Waals surface area contributed by atoms with Crippen LogP contribution in [0.5, 0.6) is 0 Å². The fourth-order valence-electron chi connectivity index (χ4n) is 3.36. The molecule has 2 rings (SSSR count). The number of carbonyl (C=O) groups is 1. The van der Waals surface area contributed by atoms with Gasteiger partial charge in [0.05, 0.1) is 5.54 Å². The van der Waals surface area contributed by atoms with E-state index in [-0.39, 0.29) is 11.9 Å². The van der Waals surface area contributed by atoms with Crippen molar-refractivity contribution in [3.8, 4) is 0 Å². The van der Waals surface area contributed by atoms with Crippen molar-refractivity contribution in [2.75, 3.05) is 13.1 Å². The van der Waals surface area contributed by atoms with Gasteiger partial charge in [-0.3, -0.25) is 9.69 Å². The van der Waals surface area contributed by atoms with Crippen LogP contribution in [0.3, 0.4) is 0 Å². The largest absolute Gasteiger partial charge is 0.352 e. The number of hydrogen-bond donors (Lipinski definition) is 2. The summed E-state index contributed by atoms with van der Waals surface area (Å²) in [6.07, 6.45) is 3.63. The predicted molar refractivity (Wildman–Crippen MR) is 95.1 cm³/mol. The Kier molecular flexibility index (Phi) is 6.19. The van der Waals surface area contributed by atoms with E-state index in [0.717, 1.165) is 38.8 Å². The summed E-state index contributed by atoms with van der Waals surface area (Å²) in [5.41, 5.74) is 6.72. The number of likely N-dealkylation sites (tertiary alicyclic amines) is 1. The number of piperidine rings is 1. The first-order valence-corrected chi connectivity index (χ1v) is 8.83. The number of hydrogen-bond acceptors (Lipinski definition) is 3. The molecule has 0 aliphatic carbocycles. The lowest BCUT2D eigenvalue weighted by Crippen LogP contribution is -2.55. The first-order valence-electron chi connectivity index (χ1n) is 8.83. The lowest BCUT2D eigenvalue weighted by Gasteiger charge is -2.37. The Morgan fingerprint density at radius 3 is 2.52 bits per heavy atom. The summed E-state index contributed by atoms with van der Waals surface area (Å²) in [7, 11) is 0. The maximum atomic E-state index is 12.3. The molecule has 1 aliphatic rings. The number of nitrogens with two attached hydrogens (primary N) is 1. The summed E-state index contributed by atoms with van der Waals surface area (Å²) in [5.74, 6) is -0.00564. The van der Waals surface area contributed by atoms with Crippen molar-refractivity contribution in [1.82, 2.24) is 10.2 Å². The van der Waals surface area contributed by atoms with Crippen LogP contribution in [0.1, 0.15) is 58.1 Å². The highest BCUT2D eigenvalue weighted by Gasteiger charge is 2.31. The van der Waals surface area contributed by atoms with Crippen LogP contribution in [0.15, 0.2) is 30.3 Å². The quantitative estimate of drug-likeness (QED) is 0.848. The van der Waals surface area contributed by atoms with E-state index in [2.05, 4.69) is 54.4 Å². The van der Waals surface area contributed by atoms with Gasteiger partial charge in [0.25, 0.3) is 0 Å². The molecule has 0 saturated carbocycles. The minimum absolute atomic E-state index is 0.00564. The van der Waals surface area contributed by atoms with Gasteiger partial charge in [-0.15, -0.1) is 0 Å². The Bertz CT molecular complexity index is 493. The number of benzene rings is 1. The van der Waals surface area contributed by atoms with E-state index in [4.69, 9.17) is 5.73 Å². The van der Waals surface area contributed by atoms with Crippen LogP contribution in [-0.4, -0.2) is 35.5 Å². The number of amides is 1. The highest BCUT2D eigenvalue weighted by atomic mass is 16.2. The third-order valence-electron chi connectivity index (χ3n) is 4.98. The minimum Gasteiger partial charge on any atom is -0.352 e. The molecule has 0 aromatic heterocycles. The Morgan fingerprint density at radius 1 is 1.35 bits per heavy atom. The molecule has 0 spiro atoms. The molecule has 128 valence electrons. The predicted octanol–water partition coefficient (Wildman–Crippen LogP) is 2.85. The smallest absolute Gasteiger partial charge is 0.240 e. The molecule has 23 heavy (non-hydrogen) atoms. The van der Waals surface area contributed by atoms with Crippen LogP contribution in [0.4, 0.5) is 0 Å². The van der Waals surface area contributed by atoms with Gasteiger partial charge < -0.3 is 11.1 Å². The summed E-state index contributed by atoms with van der Waals surface area (Å²) < 4.78 is 0. The van der Waals surface area contributed by atoms with Gasteiger partial charge in [0.2, 0.25) is 5.91 Å². The maximum Gasteiger partial charge on any atom is 0.240 e. The van der Waals surface area contributed by atoms with Crippen LogP contribution in [0.25, 0.3) is 0 Å². The van der Waals surface area contributed by atoms with E-state index >= 15 is 0 Å². The Balaban J connectivity index is 1.83. The summed E-state index contributed by atoms with van der Waals surface area (Å²) in [4.78, 5) is 14.8. The molecule has 1 aromatic carbocycles. The SMILES string of the molecule is CCCC(C)(N)C(=O)NC1CCN(C(C)c2ccccc2)CC1. The van der Waals surface area contributed by atoms with Crippen molar-refractivity contribution >= 4 is 5.91 Å². The molecule has 0 radical (unpaired) electrons. The second-order valence-electron chi connectivity index (χ2n) is 7.04. The van der Waals surface area contributed by atoms with Crippen LogP contribution < -0.4 is 11.1 Å². The molecule has 4 heteroatoms. The first-order chi connectivity index (χ1) is 10.9. The van der Waals surface area contributed by atoms with E-state index < -0.39 is 5.54 Å². The van der Waals surface area contributed by atoms with Crippen LogP contribution in [0.2, 0.25) is 0 Å². The molecular formula is C19H31N3O. The van der Waals surface area contributed by atoms with E-state index in [1.54, 1.807) is 0 Å². The van der Waals surface area contributed by atoms with Crippen molar-refractivity contribution in [1.29, 1.82) is 0 Å². The zero-order chi connectivity index (χ0) is 16.9. The molecule has 1 aliphatic heterocycles. The zero-order valence-corrected chi connectivity index (χ0v) is 14.7. The fraction of sp³-hybridized carbons (Fsp3) is 0.632. The Labute approximate surface area is 140 Å². The van der Waals surface area contributed by atoms with Gasteiger partial charge in [0, 0.05) is 25.2 Å². The van der Waals surface area contributed by atoms with Crippen LogP contribution in [-0.2, 0) is 4.79 Å². The van der Waals surface area contributed by atoms with E-state index in [0.29, 0.717) is 6.04 Å². The lowest BCUT2D eigenvalue weighted by molar-refractivity contribution is -0.127. The van der Waals surface area contributed by atoms with Crippen molar-refractivity contribution in [3.63, 3.8) is 0 Å². The Hall–Kier alpha value is -1.39. The van der Waals surface area contributed by atoms with Crippen molar-refractivity contribution in [2.45, 2.75) is 64.1 Å². The molecule has 2 atom stereocenters. The number of nitrogens with one attached hydrogen (secondary N) is 1. The van der Waals surface area contributed by atoms with E-state index in [9.17, 15) is 4.79 Å². The molecule has 1 aromatic rings. The summed E-state index contributed by atoms with van der Waals surface area (Å²) >= 11 is 0. The highest BCUT2D eigenvalue weighted by Crippen LogP contribution is 2.24. The van der Waals surface area contributed by atoms with Gasteiger partial charge in [0.15, 0.2) is 0 Å². The second kappa shape index (κ2) is 7.93. The van der Waals surface area contributed by atoms with Gasteiger partial charge in [-0.05, 0) is 38.7 Å². The molecule has 1 fully saturated rings. The molecule has 1 heterocycles. The first kappa shape index (κ1) is 18.0. The highest BCUT2D eigenvalue weighted by molar-refractivity contribution is 5.85. The zero-order valence-electron chi connectivity index (χ0n) is 14.7. The molecule has 0 bridgehead atoms. The average molecular weight is 317 g/mol. The summed E-state index contributed by atoms with van der Waals surface area (Å²) in [6.45, 7) is 8.17. The maximum absolute atomic E-state index is 12.3. The van der Waals surface area contributed by atoms with Gasteiger partial charge in [-0.1, -0.05) is 43.7 Å². The van der Waals surface area contributed by atoms with Crippen LogP contribution in [0, 0.1) is 0 Å². The standard InChI is InChI=1S/C19H31N3O/c1-4-12-19(3,20)18(23)21-17-10-13-22(14-11-17)15(2)16-8-6-5-7-9-16/h5-9,15,17H,4,10-14,20H2,1-3H3,(H,21,23). The van der Waals surface area contributed by atoms with E-state index in [1.165, 1.54) is 5.56 Å². The van der Waals surface area contributed by atoms with E-state index in [1.807, 2.05) is 6.92 Å². The molecule has 3 N–H and O–H groups in total. The van der Waals surface area contributed by atoms with Gasteiger partial charge in [-0.2, -0.15) is 0 Å². The molecule has 2 unspecified atom stereocenters. The van der Waals surface area contributed by atoms with Crippen LogP contribution >= 0.6 is 0 Å². The number of nitrogens with zero attached hydrogens (tertiary/aromatic N) is 1. The molecule has 1 saturated heterocycles. The second-order valence-corrected chi connectivity index (χ2v) is 7.04. The monoisotopic (exact) mass is 317 g/mol. The molecule has 4 nitrogen and oxygen atoms in total. The third-order valence-corrected chi connectivity index (χ3v) is 4.98. The Morgan fingerprint density at radius 2 is 1.96 bits per heavy atom. The fourth-order valence-corrected chi connectivity index (χ4v) is 3.36. The van der Waals surface area contributed by atoms with Gasteiger partial charge in [0.1, 0.15) is 0 Å². The molecular weight excluding hydrogens is 286 g/mol. The molecule has 1 amide bonds. The average Bonchev–Trinajstić information content (AvgIpc) is 2.55. The summed E-state index contributed by atoms with van der Waals surface area (Å²) in [5, 5.41) is 3.15. The van der Waals surface area contributed by atoms with Crippen molar-refractivity contribution in [3.05, 3.63) is 35.9 Å². The van der Waals surface area contributed by atoms with Gasteiger partial charge in [-0.25, -0.2) is 0 Å². The third kappa shape index (κ3) is 4.79. The number of carbonyl (C=O) groups excluding carboxylic acids is 1. The minimum atomic E-state index is -0.747. The van der Waals surface area contributed by atoms with Crippen molar-refractivity contribution in [2.24, 2.45) is 5.73 Å².